The number of hydrogen-bond acceptors (Lipinski definition) is 4. The van der Waals surface area contributed by atoms with E-state index in [1.807, 2.05) is 0 Å². The molecule has 9 heteroatoms. The molecule has 1 heterocycles. The third-order valence-electron chi connectivity index (χ3n) is 1.28. The molecule has 0 fully saturated rings. The van der Waals surface area contributed by atoms with Gasteiger partial charge in [-0.15, -0.1) is 0 Å². The summed E-state index contributed by atoms with van der Waals surface area (Å²) in [6.07, 6.45) is -2.22. The summed E-state index contributed by atoms with van der Waals surface area (Å²) in [5, 5.41) is 7.12. The van der Waals surface area contributed by atoms with Gasteiger partial charge in [0.15, 0.2) is 0 Å². The molecule has 6 nitrogen and oxygen atoms in total. The van der Waals surface area contributed by atoms with E-state index in [1.165, 1.54) is 12.4 Å². The average Bonchev–Trinajstić information content (AvgIpc) is 2.17. The number of amides is 1. The van der Waals surface area contributed by atoms with Crippen LogP contribution in [-0.2, 0) is 4.79 Å². The van der Waals surface area contributed by atoms with Crippen LogP contribution in [0.5, 0.6) is 0 Å². The van der Waals surface area contributed by atoms with E-state index in [1.54, 1.807) is 6.92 Å². The zero-order chi connectivity index (χ0) is 13.6. The minimum absolute atomic E-state index is 0.200. The van der Waals surface area contributed by atoms with Gasteiger partial charge >= 0.3 is 12.1 Å². The number of rotatable bonds is 1. The van der Waals surface area contributed by atoms with Gasteiger partial charge in [0.05, 0.1) is 11.9 Å². The molecule has 0 saturated heterocycles. The summed E-state index contributed by atoms with van der Waals surface area (Å²) in [5.41, 5.74) is 5.89. The summed E-state index contributed by atoms with van der Waals surface area (Å²) in [6, 6.07) is 0. The average molecular weight is 251 g/mol. The van der Waals surface area contributed by atoms with Crippen LogP contribution in [0.1, 0.15) is 16.2 Å². The number of halogens is 3. The van der Waals surface area contributed by atoms with Crippen molar-refractivity contribution >= 4 is 11.9 Å². The number of carboxylic acid groups (broad SMARTS) is 1. The van der Waals surface area contributed by atoms with Gasteiger partial charge in [-0.25, -0.2) is 9.78 Å². The maximum absolute atomic E-state index is 10.6. The molecule has 1 aromatic heterocycles. The van der Waals surface area contributed by atoms with Crippen molar-refractivity contribution < 1.29 is 27.9 Å². The molecule has 0 unspecified atom stereocenters. The standard InChI is InChI=1S/C6H7N3O.C2HF3O2/c1-4-2-9-5(3-8-4)6(7)10;3-2(4,5)1(6)7/h2-3H,1H3,(H2,7,10);(H,6,7). The normalized spacial score (nSPS) is 10.1. The lowest BCUT2D eigenvalue weighted by molar-refractivity contribution is -0.192. The molecule has 3 N–H and O–H groups in total. The van der Waals surface area contributed by atoms with Crippen molar-refractivity contribution in [1.29, 1.82) is 0 Å². The molecule has 1 rings (SSSR count). The molecule has 0 radical (unpaired) electrons. The third-order valence-corrected chi connectivity index (χ3v) is 1.28. The number of carbonyl (C=O) groups excluding carboxylic acids is 1. The minimum Gasteiger partial charge on any atom is -0.475 e. The first-order valence-electron chi connectivity index (χ1n) is 4.03. The summed E-state index contributed by atoms with van der Waals surface area (Å²) < 4.78 is 31.7. The van der Waals surface area contributed by atoms with Crippen LogP contribution in [0, 0.1) is 6.92 Å². The second-order valence-electron chi connectivity index (χ2n) is 2.71. The lowest BCUT2D eigenvalue weighted by Crippen LogP contribution is -2.21. The fraction of sp³-hybridized carbons (Fsp3) is 0.250. The number of aromatic nitrogens is 2. The fourth-order valence-electron chi connectivity index (χ4n) is 0.520. The first-order chi connectivity index (χ1) is 7.64. The van der Waals surface area contributed by atoms with Gasteiger partial charge in [0.25, 0.3) is 5.91 Å². The Kier molecular flexibility index (Phi) is 5.03. The van der Waals surface area contributed by atoms with Gasteiger partial charge in [-0.3, -0.25) is 9.78 Å². The predicted octanol–water partition coefficient (Wildman–Crippen LogP) is 0.517. The summed E-state index contributed by atoms with van der Waals surface area (Å²) in [4.78, 5) is 26.9. The summed E-state index contributed by atoms with van der Waals surface area (Å²) in [7, 11) is 0. The number of aryl methyl sites for hydroxylation is 1. The number of nitrogens with two attached hydrogens (primary N) is 1. The van der Waals surface area contributed by atoms with Crippen molar-refractivity contribution in [2.24, 2.45) is 5.73 Å². The highest BCUT2D eigenvalue weighted by molar-refractivity contribution is 5.90. The maximum Gasteiger partial charge on any atom is 0.490 e. The van der Waals surface area contributed by atoms with Gasteiger partial charge in [0, 0.05) is 6.20 Å². The number of nitrogens with zero attached hydrogens (tertiary/aromatic N) is 2. The molecular formula is C8H8F3N3O3. The van der Waals surface area contributed by atoms with E-state index in [0.717, 1.165) is 5.69 Å². The van der Waals surface area contributed by atoms with Gasteiger partial charge in [0.2, 0.25) is 0 Å². The molecule has 0 aliphatic carbocycles. The van der Waals surface area contributed by atoms with Crippen molar-refractivity contribution in [3.05, 3.63) is 23.8 Å². The highest BCUT2D eigenvalue weighted by Gasteiger charge is 2.38. The highest BCUT2D eigenvalue weighted by Crippen LogP contribution is 2.13. The Balaban J connectivity index is 0.000000325. The van der Waals surface area contributed by atoms with Crippen molar-refractivity contribution in [2.75, 3.05) is 0 Å². The predicted molar refractivity (Wildman–Crippen MR) is 49.0 cm³/mol. The van der Waals surface area contributed by atoms with Gasteiger partial charge in [-0.05, 0) is 6.92 Å². The first-order valence-corrected chi connectivity index (χ1v) is 4.03. The van der Waals surface area contributed by atoms with Crippen molar-refractivity contribution in [1.82, 2.24) is 9.97 Å². The Morgan fingerprint density at radius 2 is 1.76 bits per heavy atom. The summed E-state index contributed by atoms with van der Waals surface area (Å²) in [5.74, 6) is -3.31. The number of primary amides is 1. The molecule has 1 amide bonds. The van der Waals surface area contributed by atoms with Crippen molar-refractivity contribution in [2.45, 2.75) is 13.1 Å². The van der Waals surface area contributed by atoms with Crippen LogP contribution in [0.3, 0.4) is 0 Å². The van der Waals surface area contributed by atoms with E-state index in [4.69, 9.17) is 15.6 Å². The Labute approximate surface area is 93.3 Å². The van der Waals surface area contributed by atoms with Crippen LogP contribution in [0.4, 0.5) is 13.2 Å². The number of alkyl halides is 3. The van der Waals surface area contributed by atoms with Crippen LogP contribution < -0.4 is 5.73 Å². The third kappa shape index (κ3) is 6.07. The highest BCUT2D eigenvalue weighted by atomic mass is 19.4. The lowest BCUT2D eigenvalue weighted by Gasteiger charge is -1.93. The summed E-state index contributed by atoms with van der Waals surface area (Å²) >= 11 is 0. The smallest absolute Gasteiger partial charge is 0.475 e. The van der Waals surface area contributed by atoms with E-state index in [0.29, 0.717) is 0 Å². The Morgan fingerprint density at radius 1 is 1.29 bits per heavy atom. The molecule has 0 atom stereocenters. The van der Waals surface area contributed by atoms with E-state index in [-0.39, 0.29) is 5.69 Å². The molecule has 17 heavy (non-hydrogen) atoms. The van der Waals surface area contributed by atoms with Crippen LogP contribution >= 0.6 is 0 Å². The maximum atomic E-state index is 10.6. The molecule has 0 spiro atoms. The van der Waals surface area contributed by atoms with Crippen molar-refractivity contribution in [3.63, 3.8) is 0 Å². The molecule has 0 aliphatic rings. The Hall–Kier alpha value is -2.19. The molecule has 0 saturated carbocycles. The Morgan fingerprint density at radius 3 is 2.00 bits per heavy atom. The monoisotopic (exact) mass is 251 g/mol. The number of carbonyl (C=O) groups is 2. The molecular weight excluding hydrogens is 243 g/mol. The van der Waals surface area contributed by atoms with Gasteiger partial charge < -0.3 is 10.8 Å². The fourth-order valence-corrected chi connectivity index (χ4v) is 0.520. The van der Waals surface area contributed by atoms with E-state index >= 15 is 0 Å². The molecule has 0 aromatic carbocycles. The summed E-state index contributed by atoms with van der Waals surface area (Å²) in [6.45, 7) is 1.79. The van der Waals surface area contributed by atoms with Gasteiger partial charge in [0.1, 0.15) is 5.69 Å². The van der Waals surface area contributed by atoms with E-state index < -0.39 is 18.1 Å². The second kappa shape index (κ2) is 5.77. The van der Waals surface area contributed by atoms with Crippen LogP contribution in [0.2, 0.25) is 0 Å². The molecule has 0 aliphatic heterocycles. The minimum atomic E-state index is -5.08. The largest absolute Gasteiger partial charge is 0.490 e. The van der Waals surface area contributed by atoms with Crippen LogP contribution in [-0.4, -0.2) is 33.1 Å². The first kappa shape index (κ1) is 14.8. The Bertz CT molecular complexity index is 403. The lowest BCUT2D eigenvalue weighted by atomic mass is 10.4. The number of hydrogen-bond donors (Lipinski definition) is 2. The number of aliphatic carboxylic acids is 1. The SMILES string of the molecule is Cc1cnc(C(N)=O)cn1.O=C(O)C(F)(F)F. The van der Waals surface area contributed by atoms with Gasteiger partial charge in [-0.1, -0.05) is 0 Å². The van der Waals surface area contributed by atoms with E-state index in [9.17, 15) is 18.0 Å². The number of carboxylic acids is 1. The topological polar surface area (TPSA) is 106 Å². The van der Waals surface area contributed by atoms with Crippen LogP contribution in [0.15, 0.2) is 12.4 Å². The second-order valence-corrected chi connectivity index (χ2v) is 2.71. The van der Waals surface area contributed by atoms with Crippen LogP contribution in [0.25, 0.3) is 0 Å². The van der Waals surface area contributed by atoms with Gasteiger partial charge in [-0.2, -0.15) is 13.2 Å². The molecule has 0 bridgehead atoms. The zero-order valence-electron chi connectivity index (χ0n) is 8.52. The van der Waals surface area contributed by atoms with E-state index in [2.05, 4.69) is 9.97 Å². The van der Waals surface area contributed by atoms with Crippen molar-refractivity contribution in [3.8, 4) is 0 Å². The molecule has 94 valence electrons. The molecule has 1 aromatic rings. The quantitative estimate of drug-likeness (QED) is 0.756. The zero-order valence-corrected chi connectivity index (χ0v) is 8.52.